The van der Waals surface area contributed by atoms with E-state index in [0.29, 0.717) is 47.1 Å². The zero-order valence-electron chi connectivity index (χ0n) is 21.4. The van der Waals surface area contributed by atoms with Gasteiger partial charge < -0.3 is 19.9 Å². The molecule has 0 unspecified atom stereocenters. The largest absolute Gasteiger partial charge is 0.504 e. The molecule has 3 N–H and O–H groups in total. The number of hydrogen-bond acceptors (Lipinski definition) is 6. The van der Waals surface area contributed by atoms with Crippen LogP contribution < -0.4 is 20.2 Å². The maximum absolute atomic E-state index is 12.9. The van der Waals surface area contributed by atoms with Gasteiger partial charge in [0, 0.05) is 10.6 Å². The minimum absolute atomic E-state index is 0.0406. The van der Waals surface area contributed by atoms with Crippen LogP contribution in [0.15, 0.2) is 48.1 Å². The topological polar surface area (TPSA) is 109 Å². The first-order valence-electron chi connectivity index (χ1n) is 11.9. The predicted octanol–water partition coefficient (Wildman–Crippen LogP) is 5.27. The van der Waals surface area contributed by atoms with Gasteiger partial charge in [-0.15, -0.1) is 6.58 Å². The van der Waals surface area contributed by atoms with E-state index in [2.05, 4.69) is 22.4 Å². The number of aromatic hydroxyl groups is 1. The summed E-state index contributed by atoms with van der Waals surface area (Å²) >= 11 is 12.0. The highest BCUT2D eigenvalue weighted by Crippen LogP contribution is 2.32. The summed E-state index contributed by atoms with van der Waals surface area (Å²) in [5, 5.41) is 17.8. The fourth-order valence-electron chi connectivity index (χ4n) is 3.40. The third-order valence-corrected chi connectivity index (χ3v) is 5.67. The van der Waals surface area contributed by atoms with Gasteiger partial charge in [0.15, 0.2) is 17.6 Å². The molecule has 0 aliphatic rings. The van der Waals surface area contributed by atoms with Crippen molar-refractivity contribution in [3.05, 3.63) is 64.2 Å². The molecule has 0 saturated heterocycles. The standard InChI is InChI=1S/C27H33Cl2N3O5/c1-6-8-19-12-18(13-24(25(19)33)36-7-2)15-30-32-27(35)22(11-16(3)4)31-26(34)17(5)37-23-10-9-20(28)14-21(23)29/h6,9-10,12-17,22,33H,1,7-8,11H2,2-5H3,(H,31,34)(H,32,35)/b30-15-/t17-,22+/m1/s1. The first-order chi connectivity index (χ1) is 17.5. The molecular weight excluding hydrogens is 517 g/mol. The Hall–Kier alpha value is -3.23. The van der Waals surface area contributed by atoms with Crippen molar-refractivity contribution in [2.24, 2.45) is 11.0 Å². The molecule has 0 aliphatic heterocycles. The van der Waals surface area contributed by atoms with Crippen molar-refractivity contribution in [1.82, 2.24) is 10.7 Å². The number of allylic oxidation sites excluding steroid dienone is 1. The second kappa shape index (κ2) is 14.5. The summed E-state index contributed by atoms with van der Waals surface area (Å²) in [6.45, 7) is 11.3. The molecule has 2 amide bonds. The van der Waals surface area contributed by atoms with E-state index >= 15 is 0 Å². The fourth-order valence-corrected chi connectivity index (χ4v) is 3.85. The second-order valence-corrected chi connectivity index (χ2v) is 9.56. The number of phenolic OH excluding ortho intramolecular Hbond substituents is 1. The van der Waals surface area contributed by atoms with E-state index in [-0.39, 0.29) is 16.7 Å². The van der Waals surface area contributed by atoms with Crippen molar-refractivity contribution < 1.29 is 24.2 Å². The third kappa shape index (κ3) is 9.30. The lowest BCUT2D eigenvalue weighted by atomic mass is 10.0. The summed E-state index contributed by atoms with van der Waals surface area (Å²) in [5.41, 5.74) is 3.71. The summed E-state index contributed by atoms with van der Waals surface area (Å²) in [5.74, 6) is -0.184. The van der Waals surface area contributed by atoms with Crippen LogP contribution in [-0.2, 0) is 16.0 Å². The Labute approximate surface area is 227 Å². The Balaban J connectivity index is 2.10. The van der Waals surface area contributed by atoms with E-state index in [4.69, 9.17) is 32.7 Å². The average Bonchev–Trinajstić information content (AvgIpc) is 2.83. The van der Waals surface area contributed by atoms with Crippen LogP contribution in [0.4, 0.5) is 0 Å². The highest BCUT2D eigenvalue weighted by Gasteiger charge is 2.25. The summed E-state index contributed by atoms with van der Waals surface area (Å²) in [6.07, 6.45) is 3.01. The van der Waals surface area contributed by atoms with Crippen molar-refractivity contribution in [3.8, 4) is 17.2 Å². The van der Waals surface area contributed by atoms with Crippen molar-refractivity contribution in [3.63, 3.8) is 0 Å². The fraction of sp³-hybridized carbons (Fsp3) is 0.370. The van der Waals surface area contributed by atoms with Gasteiger partial charge in [-0.1, -0.05) is 43.1 Å². The second-order valence-electron chi connectivity index (χ2n) is 8.71. The SMILES string of the molecule is C=CCc1cc(/C=N\NC(=O)[C@H](CC(C)C)NC(=O)[C@@H](C)Oc2ccc(Cl)cc2Cl)cc(OCC)c1O. The number of nitrogens with one attached hydrogen (secondary N) is 2. The highest BCUT2D eigenvalue weighted by molar-refractivity contribution is 6.35. The van der Waals surface area contributed by atoms with E-state index in [9.17, 15) is 14.7 Å². The lowest BCUT2D eigenvalue weighted by Gasteiger charge is -2.22. The van der Waals surface area contributed by atoms with E-state index in [0.717, 1.165) is 0 Å². The van der Waals surface area contributed by atoms with Gasteiger partial charge in [-0.2, -0.15) is 5.10 Å². The lowest BCUT2D eigenvalue weighted by molar-refractivity contribution is -0.132. The van der Waals surface area contributed by atoms with Gasteiger partial charge in [0.05, 0.1) is 17.8 Å². The Morgan fingerprint density at radius 1 is 1.14 bits per heavy atom. The zero-order valence-corrected chi connectivity index (χ0v) is 22.9. The van der Waals surface area contributed by atoms with Crippen LogP contribution in [0.1, 0.15) is 45.2 Å². The maximum atomic E-state index is 12.9. The number of nitrogens with zero attached hydrogens (tertiary/aromatic N) is 1. The molecule has 2 atom stereocenters. The van der Waals surface area contributed by atoms with Gasteiger partial charge >= 0.3 is 0 Å². The van der Waals surface area contributed by atoms with Crippen LogP contribution in [0, 0.1) is 5.92 Å². The minimum Gasteiger partial charge on any atom is -0.504 e. The molecular formula is C27H33Cl2N3O5. The normalized spacial score (nSPS) is 12.7. The molecule has 10 heteroatoms. The molecule has 0 bridgehead atoms. The van der Waals surface area contributed by atoms with Crippen LogP contribution in [0.5, 0.6) is 17.2 Å². The van der Waals surface area contributed by atoms with Crippen molar-refractivity contribution >= 4 is 41.2 Å². The molecule has 2 aromatic rings. The van der Waals surface area contributed by atoms with Crippen LogP contribution in [0.3, 0.4) is 0 Å². The van der Waals surface area contributed by atoms with Crippen LogP contribution in [0.25, 0.3) is 0 Å². The number of rotatable bonds is 13. The molecule has 0 heterocycles. The quantitative estimate of drug-likeness (QED) is 0.179. The number of phenols is 1. The number of carbonyl (C=O) groups excluding carboxylic acids is 2. The van der Waals surface area contributed by atoms with Crippen molar-refractivity contribution in [1.29, 1.82) is 0 Å². The van der Waals surface area contributed by atoms with Gasteiger partial charge in [0.1, 0.15) is 11.8 Å². The van der Waals surface area contributed by atoms with E-state index in [1.165, 1.54) is 12.3 Å². The molecule has 37 heavy (non-hydrogen) atoms. The Morgan fingerprint density at radius 2 is 1.86 bits per heavy atom. The molecule has 0 fully saturated rings. The maximum Gasteiger partial charge on any atom is 0.262 e. The molecule has 200 valence electrons. The van der Waals surface area contributed by atoms with Gasteiger partial charge in [0.25, 0.3) is 11.8 Å². The van der Waals surface area contributed by atoms with Gasteiger partial charge in [0.2, 0.25) is 0 Å². The van der Waals surface area contributed by atoms with Crippen LogP contribution >= 0.6 is 23.2 Å². The summed E-state index contributed by atoms with van der Waals surface area (Å²) in [7, 11) is 0. The third-order valence-electron chi connectivity index (χ3n) is 5.14. The lowest BCUT2D eigenvalue weighted by Crippen LogP contribution is -2.49. The smallest absolute Gasteiger partial charge is 0.262 e. The first kappa shape index (κ1) is 30.0. The number of halogens is 2. The Morgan fingerprint density at radius 3 is 2.49 bits per heavy atom. The number of hydrogen-bond donors (Lipinski definition) is 3. The molecule has 2 aromatic carbocycles. The molecule has 0 saturated carbocycles. The number of carbonyl (C=O) groups is 2. The highest BCUT2D eigenvalue weighted by atomic mass is 35.5. The molecule has 8 nitrogen and oxygen atoms in total. The van der Waals surface area contributed by atoms with Crippen molar-refractivity contribution in [2.45, 2.75) is 52.7 Å². The number of ether oxygens (including phenoxy) is 2. The summed E-state index contributed by atoms with van der Waals surface area (Å²) < 4.78 is 11.1. The predicted molar refractivity (Wildman–Crippen MR) is 147 cm³/mol. The molecule has 2 rings (SSSR count). The first-order valence-corrected chi connectivity index (χ1v) is 12.7. The van der Waals surface area contributed by atoms with Gasteiger partial charge in [-0.25, -0.2) is 5.43 Å². The molecule has 0 aromatic heterocycles. The minimum atomic E-state index is -0.915. The monoisotopic (exact) mass is 549 g/mol. The van der Waals surface area contributed by atoms with Crippen LogP contribution in [-0.4, -0.2) is 41.9 Å². The van der Waals surface area contributed by atoms with Crippen LogP contribution in [0.2, 0.25) is 10.0 Å². The van der Waals surface area contributed by atoms with Gasteiger partial charge in [-0.3, -0.25) is 9.59 Å². The molecule has 0 radical (unpaired) electrons. The number of hydrazone groups is 1. The number of amides is 2. The van der Waals surface area contributed by atoms with E-state index < -0.39 is 24.0 Å². The molecule has 0 spiro atoms. The Bertz CT molecular complexity index is 1140. The number of benzene rings is 2. The van der Waals surface area contributed by atoms with E-state index in [1.807, 2.05) is 20.8 Å². The zero-order chi connectivity index (χ0) is 27.5. The Kier molecular flexibility index (Phi) is 11.8. The summed E-state index contributed by atoms with van der Waals surface area (Å²) in [4.78, 5) is 25.7. The summed E-state index contributed by atoms with van der Waals surface area (Å²) in [6, 6.07) is 7.20. The van der Waals surface area contributed by atoms with E-state index in [1.54, 1.807) is 37.3 Å². The average molecular weight is 550 g/mol. The van der Waals surface area contributed by atoms with Gasteiger partial charge in [-0.05, 0) is 68.5 Å². The van der Waals surface area contributed by atoms with Crippen molar-refractivity contribution in [2.75, 3.05) is 6.61 Å². The molecule has 0 aliphatic carbocycles.